The quantitative estimate of drug-likeness (QED) is 0.578. The number of carbonyl (C=O) groups excluding carboxylic acids is 2. The normalized spacial score (nSPS) is 13.2. The number of esters is 1. The summed E-state index contributed by atoms with van der Waals surface area (Å²) >= 11 is 0. The van der Waals surface area contributed by atoms with Crippen LogP contribution in [0.15, 0.2) is 65.8 Å². The fourth-order valence-electron chi connectivity index (χ4n) is 3.63. The summed E-state index contributed by atoms with van der Waals surface area (Å²) in [6, 6.07) is 19.5. The van der Waals surface area contributed by atoms with Crippen molar-refractivity contribution in [3.63, 3.8) is 0 Å². The Kier molecular flexibility index (Phi) is 5.93. The van der Waals surface area contributed by atoms with Crippen molar-refractivity contribution in [2.45, 2.75) is 26.7 Å². The van der Waals surface area contributed by atoms with Gasteiger partial charge in [0.25, 0.3) is 5.91 Å². The van der Waals surface area contributed by atoms with Crippen LogP contribution in [0.3, 0.4) is 0 Å². The fourth-order valence-corrected chi connectivity index (χ4v) is 3.63. The average Bonchev–Trinajstić information content (AvgIpc) is 3.40. The molecule has 3 aromatic rings. The molecule has 0 atom stereocenters. The van der Waals surface area contributed by atoms with E-state index in [1.54, 1.807) is 0 Å². The summed E-state index contributed by atoms with van der Waals surface area (Å²) in [6.07, 6.45) is 0.747. The Morgan fingerprint density at radius 3 is 2.39 bits per heavy atom. The number of ether oxygens (including phenoxy) is 1. The zero-order chi connectivity index (χ0) is 21.8. The number of carbonyl (C=O) groups is 2. The van der Waals surface area contributed by atoms with Gasteiger partial charge in [0, 0.05) is 17.7 Å². The van der Waals surface area contributed by atoms with Crippen molar-refractivity contribution in [3.8, 4) is 5.69 Å². The molecule has 0 saturated heterocycles. The van der Waals surface area contributed by atoms with Crippen LogP contribution in [-0.2, 0) is 20.7 Å². The maximum absolute atomic E-state index is 12.4. The van der Waals surface area contributed by atoms with Gasteiger partial charge in [-0.25, -0.2) is 9.69 Å². The standard InChI is InChI=1S/C24H24N4O3/c1-17-21(18(2)28(25-17)20-11-7-4-8-12-20)15-24(30)31-16-23(29)27-14-13-22(26-27)19-9-5-3-6-10-19/h3-12H,13-16H2,1-2H3. The van der Waals surface area contributed by atoms with E-state index in [1.807, 2.05) is 79.2 Å². The Balaban J connectivity index is 1.35. The van der Waals surface area contributed by atoms with Gasteiger partial charge in [-0.05, 0) is 31.5 Å². The first-order chi connectivity index (χ1) is 15.0. The number of benzene rings is 2. The van der Waals surface area contributed by atoms with Crippen LogP contribution in [0.4, 0.5) is 0 Å². The second-order valence-corrected chi connectivity index (χ2v) is 7.41. The molecule has 31 heavy (non-hydrogen) atoms. The molecule has 7 heteroatoms. The minimum absolute atomic E-state index is 0.0658. The lowest BCUT2D eigenvalue weighted by atomic mass is 10.1. The Labute approximate surface area is 180 Å². The molecule has 0 radical (unpaired) electrons. The molecule has 0 unspecified atom stereocenters. The summed E-state index contributed by atoms with van der Waals surface area (Å²) in [5, 5.41) is 10.3. The number of aryl methyl sites for hydroxylation is 1. The summed E-state index contributed by atoms with van der Waals surface area (Å²) in [7, 11) is 0. The van der Waals surface area contributed by atoms with Gasteiger partial charge in [0.1, 0.15) is 0 Å². The SMILES string of the molecule is Cc1nn(-c2ccccc2)c(C)c1CC(=O)OCC(=O)N1CCC(c2ccccc2)=N1. The summed E-state index contributed by atoms with van der Waals surface area (Å²) in [5.41, 5.74) is 5.24. The number of hydrazone groups is 1. The van der Waals surface area contributed by atoms with Crippen molar-refractivity contribution in [3.05, 3.63) is 83.2 Å². The van der Waals surface area contributed by atoms with E-state index < -0.39 is 5.97 Å². The number of hydrogen-bond donors (Lipinski definition) is 0. The topological polar surface area (TPSA) is 76.8 Å². The molecule has 2 heterocycles. The highest BCUT2D eigenvalue weighted by Gasteiger charge is 2.23. The van der Waals surface area contributed by atoms with E-state index >= 15 is 0 Å². The lowest BCUT2D eigenvalue weighted by Crippen LogP contribution is -2.29. The van der Waals surface area contributed by atoms with Crippen molar-refractivity contribution in [1.29, 1.82) is 0 Å². The highest BCUT2D eigenvalue weighted by molar-refractivity contribution is 6.02. The molecule has 0 aliphatic carbocycles. The Morgan fingerprint density at radius 2 is 1.68 bits per heavy atom. The predicted molar refractivity (Wildman–Crippen MR) is 117 cm³/mol. The molecule has 4 rings (SSSR count). The lowest BCUT2D eigenvalue weighted by Gasteiger charge is -2.11. The first-order valence-corrected chi connectivity index (χ1v) is 10.2. The van der Waals surface area contributed by atoms with Crippen LogP contribution >= 0.6 is 0 Å². The molecule has 7 nitrogen and oxygen atoms in total. The van der Waals surface area contributed by atoms with Gasteiger partial charge in [-0.3, -0.25) is 9.59 Å². The van der Waals surface area contributed by atoms with E-state index in [-0.39, 0.29) is 18.9 Å². The third-order valence-corrected chi connectivity index (χ3v) is 5.32. The number of rotatable bonds is 6. The zero-order valence-electron chi connectivity index (χ0n) is 17.6. The number of para-hydroxylation sites is 1. The molecular formula is C24H24N4O3. The molecule has 0 spiro atoms. The molecule has 0 N–H and O–H groups in total. The van der Waals surface area contributed by atoms with Crippen molar-refractivity contribution < 1.29 is 14.3 Å². The zero-order valence-corrected chi connectivity index (χ0v) is 17.6. The Hall–Kier alpha value is -3.74. The van der Waals surface area contributed by atoms with Crippen LogP contribution in [0.5, 0.6) is 0 Å². The maximum atomic E-state index is 12.4. The van der Waals surface area contributed by atoms with Gasteiger partial charge in [-0.2, -0.15) is 10.2 Å². The number of hydrogen-bond acceptors (Lipinski definition) is 5. The predicted octanol–water partition coefficient (Wildman–Crippen LogP) is 3.21. The van der Waals surface area contributed by atoms with Crippen LogP contribution in [0.25, 0.3) is 5.69 Å². The van der Waals surface area contributed by atoms with E-state index in [4.69, 9.17) is 4.74 Å². The maximum Gasteiger partial charge on any atom is 0.310 e. The van der Waals surface area contributed by atoms with Gasteiger partial charge in [0.15, 0.2) is 6.61 Å². The Bertz CT molecular complexity index is 1120. The second-order valence-electron chi connectivity index (χ2n) is 7.41. The summed E-state index contributed by atoms with van der Waals surface area (Å²) < 4.78 is 7.06. The summed E-state index contributed by atoms with van der Waals surface area (Å²) in [5.74, 6) is -0.786. The summed E-state index contributed by atoms with van der Waals surface area (Å²) in [6.45, 7) is 3.95. The largest absolute Gasteiger partial charge is 0.455 e. The van der Waals surface area contributed by atoms with Crippen molar-refractivity contribution in [2.75, 3.05) is 13.2 Å². The van der Waals surface area contributed by atoms with Gasteiger partial charge in [-0.15, -0.1) is 0 Å². The number of amides is 1. The van der Waals surface area contributed by atoms with Crippen LogP contribution < -0.4 is 0 Å². The number of aromatic nitrogens is 2. The highest BCUT2D eigenvalue weighted by Crippen LogP contribution is 2.19. The van der Waals surface area contributed by atoms with Gasteiger partial charge >= 0.3 is 5.97 Å². The molecular weight excluding hydrogens is 392 g/mol. The minimum atomic E-state index is -0.460. The molecule has 158 valence electrons. The smallest absolute Gasteiger partial charge is 0.310 e. The third-order valence-electron chi connectivity index (χ3n) is 5.32. The van der Waals surface area contributed by atoms with Gasteiger partial charge in [0.05, 0.1) is 30.1 Å². The fraction of sp³-hybridized carbons (Fsp3) is 0.250. The van der Waals surface area contributed by atoms with Crippen LogP contribution in [0.2, 0.25) is 0 Å². The van der Waals surface area contributed by atoms with E-state index in [9.17, 15) is 9.59 Å². The molecule has 0 saturated carbocycles. The average molecular weight is 416 g/mol. The first kappa shape index (κ1) is 20.5. The van der Waals surface area contributed by atoms with Crippen LogP contribution in [0.1, 0.15) is 28.9 Å². The monoisotopic (exact) mass is 416 g/mol. The van der Waals surface area contributed by atoms with Crippen LogP contribution in [-0.4, -0.2) is 45.5 Å². The van der Waals surface area contributed by atoms with Gasteiger partial charge in [0.2, 0.25) is 0 Å². The first-order valence-electron chi connectivity index (χ1n) is 10.2. The van der Waals surface area contributed by atoms with Gasteiger partial charge < -0.3 is 4.74 Å². The van der Waals surface area contributed by atoms with Crippen LogP contribution in [0, 0.1) is 13.8 Å². The molecule has 1 aromatic heterocycles. The van der Waals surface area contributed by atoms with Gasteiger partial charge in [-0.1, -0.05) is 48.5 Å². The minimum Gasteiger partial charge on any atom is -0.455 e. The molecule has 1 aliphatic heterocycles. The molecule has 1 amide bonds. The van der Waals surface area contributed by atoms with Crippen molar-refractivity contribution >= 4 is 17.6 Å². The second kappa shape index (κ2) is 8.95. The highest BCUT2D eigenvalue weighted by atomic mass is 16.5. The van der Waals surface area contributed by atoms with Crippen molar-refractivity contribution in [1.82, 2.24) is 14.8 Å². The molecule has 2 aromatic carbocycles. The van der Waals surface area contributed by atoms with E-state index in [0.29, 0.717) is 13.0 Å². The van der Waals surface area contributed by atoms with E-state index in [1.165, 1.54) is 5.01 Å². The molecule has 1 aliphatic rings. The Morgan fingerprint density at radius 1 is 1.00 bits per heavy atom. The lowest BCUT2D eigenvalue weighted by molar-refractivity contribution is -0.151. The van der Waals surface area contributed by atoms with E-state index in [2.05, 4.69) is 10.2 Å². The molecule has 0 bridgehead atoms. The molecule has 0 fully saturated rings. The van der Waals surface area contributed by atoms with Crippen molar-refractivity contribution in [2.24, 2.45) is 5.10 Å². The summed E-state index contributed by atoms with van der Waals surface area (Å²) in [4.78, 5) is 24.8. The van der Waals surface area contributed by atoms with E-state index in [0.717, 1.165) is 33.9 Å². The third kappa shape index (κ3) is 4.55. The number of nitrogens with zero attached hydrogens (tertiary/aromatic N) is 4.